The number of sulfonamides is 1. The molecule has 2 heterocycles. The molecular formula is C21H28N4O4S. The first kappa shape index (κ1) is 22.2. The summed E-state index contributed by atoms with van der Waals surface area (Å²) in [7, 11) is -2.20. The smallest absolute Gasteiger partial charge is 0.252 e. The van der Waals surface area contributed by atoms with Gasteiger partial charge in [0.1, 0.15) is 11.6 Å². The number of carbonyl (C=O) groups is 1. The number of aryl methyl sites for hydroxylation is 2. The van der Waals surface area contributed by atoms with Gasteiger partial charge >= 0.3 is 0 Å². The molecule has 1 aliphatic rings. The van der Waals surface area contributed by atoms with E-state index in [0.29, 0.717) is 42.2 Å². The summed E-state index contributed by atoms with van der Waals surface area (Å²) in [4.78, 5) is 20.4. The van der Waals surface area contributed by atoms with Crippen molar-refractivity contribution in [3.63, 3.8) is 0 Å². The molecular weight excluding hydrogens is 404 g/mol. The van der Waals surface area contributed by atoms with Gasteiger partial charge in [-0.2, -0.15) is 4.31 Å². The third-order valence-electron chi connectivity index (χ3n) is 5.50. The number of hydrogen-bond donors (Lipinski definition) is 1. The van der Waals surface area contributed by atoms with E-state index in [-0.39, 0.29) is 16.4 Å². The normalized spacial score (nSPS) is 17.5. The second-order valence-electron chi connectivity index (χ2n) is 7.88. The quantitative estimate of drug-likeness (QED) is 0.750. The highest BCUT2D eigenvalue weighted by atomic mass is 32.2. The number of amides is 1. The standard InChI is InChI=1S/C21H28N4O4S/c1-12(2)15-10-19(13(3)9-18(15)29-5)30(27,28)25-8-6-7-17(25)21-23-11-16(20(22)26)14(4)24-21/h9-12,17H,6-8H2,1-5H3,(H2,22,26)/t17-/m1/s1. The fourth-order valence-corrected chi connectivity index (χ4v) is 5.78. The van der Waals surface area contributed by atoms with Crippen molar-refractivity contribution in [1.29, 1.82) is 0 Å². The van der Waals surface area contributed by atoms with Gasteiger partial charge in [0.05, 0.1) is 29.3 Å². The van der Waals surface area contributed by atoms with E-state index < -0.39 is 22.0 Å². The number of nitrogens with zero attached hydrogens (tertiary/aromatic N) is 3. The Labute approximate surface area is 177 Å². The Bertz CT molecular complexity index is 1080. The predicted molar refractivity (Wildman–Crippen MR) is 113 cm³/mol. The maximum Gasteiger partial charge on any atom is 0.252 e. The molecule has 1 aromatic carbocycles. The SMILES string of the molecule is COc1cc(C)c(S(=O)(=O)N2CCC[C@@H]2c2ncc(C(N)=O)c(C)n2)cc1C(C)C. The van der Waals surface area contributed by atoms with Crippen LogP contribution in [0.1, 0.15) is 71.7 Å². The average Bonchev–Trinajstić information content (AvgIpc) is 3.17. The molecule has 0 saturated carbocycles. The molecule has 1 saturated heterocycles. The number of primary amides is 1. The van der Waals surface area contributed by atoms with Gasteiger partial charge in [-0.15, -0.1) is 0 Å². The van der Waals surface area contributed by atoms with E-state index in [0.717, 1.165) is 5.56 Å². The van der Waals surface area contributed by atoms with Crippen molar-refractivity contribution in [2.75, 3.05) is 13.7 Å². The zero-order chi connectivity index (χ0) is 22.2. The minimum atomic E-state index is -3.78. The molecule has 30 heavy (non-hydrogen) atoms. The first-order chi connectivity index (χ1) is 14.1. The van der Waals surface area contributed by atoms with Gasteiger partial charge < -0.3 is 10.5 Å². The second kappa shape index (κ2) is 8.31. The Morgan fingerprint density at radius 1 is 1.30 bits per heavy atom. The van der Waals surface area contributed by atoms with Crippen molar-refractivity contribution in [3.05, 3.63) is 46.5 Å². The van der Waals surface area contributed by atoms with Crippen LogP contribution in [0.5, 0.6) is 5.75 Å². The van der Waals surface area contributed by atoms with E-state index in [9.17, 15) is 13.2 Å². The molecule has 1 fully saturated rings. The fourth-order valence-electron chi connectivity index (χ4n) is 3.88. The van der Waals surface area contributed by atoms with Gasteiger partial charge in [-0.25, -0.2) is 18.4 Å². The molecule has 8 nitrogen and oxygen atoms in total. The second-order valence-corrected chi connectivity index (χ2v) is 9.74. The van der Waals surface area contributed by atoms with Crippen LogP contribution in [0, 0.1) is 13.8 Å². The lowest BCUT2D eigenvalue weighted by Crippen LogP contribution is -2.32. The third kappa shape index (κ3) is 3.91. The first-order valence-corrected chi connectivity index (χ1v) is 11.4. The number of methoxy groups -OCH3 is 1. The van der Waals surface area contributed by atoms with Crippen molar-refractivity contribution in [1.82, 2.24) is 14.3 Å². The van der Waals surface area contributed by atoms with Gasteiger partial charge in [0.25, 0.3) is 5.91 Å². The van der Waals surface area contributed by atoms with Crippen molar-refractivity contribution in [2.24, 2.45) is 5.73 Å². The number of aromatic nitrogens is 2. The Balaban J connectivity index is 2.05. The summed E-state index contributed by atoms with van der Waals surface area (Å²) in [5.41, 5.74) is 7.48. The van der Waals surface area contributed by atoms with E-state index in [1.165, 1.54) is 10.5 Å². The number of carbonyl (C=O) groups excluding carboxylic acids is 1. The molecule has 1 aliphatic heterocycles. The van der Waals surface area contributed by atoms with Crippen LogP contribution < -0.4 is 10.5 Å². The molecule has 0 bridgehead atoms. The van der Waals surface area contributed by atoms with Gasteiger partial charge in [-0.3, -0.25) is 4.79 Å². The first-order valence-electron chi connectivity index (χ1n) is 9.91. The highest BCUT2D eigenvalue weighted by molar-refractivity contribution is 7.89. The van der Waals surface area contributed by atoms with E-state index in [4.69, 9.17) is 10.5 Å². The molecule has 1 atom stereocenters. The molecule has 9 heteroatoms. The summed E-state index contributed by atoms with van der Waals surface area (Å²) in [5, 5.41) is 0. The molecule has 1 amide bonds. The van der Waals surface area contributed by atoms with E-state index in [1.807, 2.05) is 13.8 Å². The molecule has 0 radical (unpaired) electrons. The zero-order valence-corrected chi connectivity index (χ0v) is 18.8. The lowest BCUT2D eigenvalue weighted by atomic mass is 10.0. The zero-order valence-electron chi connectivity index (χ0n) is 18.0. The number of rotatable bonds is 6. The van der Waals surface area contributed by atoms with Gasteiger partial charge in [0, 0.05) is 12.7 Å². The minimum absolute atomic E-state index is 0.108. The molecule has 2 aromatic rings. The summed E-state index contributed by atoms with van der Waals surface area (Å²) in [6, 6.07) is 3.00. The van der Waals surface area contributed by atoms with Crippen LogP contribution >= 0.6 is 0 Å². The van der Waals surface area contributed by atoms with Crippen molar-refractivity contribution in [3.8, 4) is 5.75 Å². The predicted octanol–water partition coefficient (Wildman–Crippen LogP) is 2.85. The number of ether oxygens (including phenoxy) is 1. The molecule has 0 unspecified atom stereocenters. The summed E-state index contributed by atoms with van der Waals surface area (Å²) in [5.74, 6) is 0.565. The highest BCUT2D eigenvalue weighted by Crippen LogP contribution is 2.38. The lowest BCUT2D eigenvalue weighted by molar-refractivity contribution is 0.0998. The Hall–Kier alpha value is -2.52. The van der Waals surface area contributed by atoms with E-state index in [2.05, 4.69) is 9.97 Å². The number of benzene rings is 1. The monoisotopic (exact) mass is 432 g/mol. The molecule has 2 N–H and O–H groups in total. The maximum atomic E-state index is 13.6. The van der Waals surface area contributed by atoms with Crippen LogP contribution in [0.4, 0.5) is 0 Å². The summed E-state index contributed by atoms with van der Waals surface area (Å²) >= 11 is 0. The maximum absolute atomic E-state index is 13.6. The molecule has 3 rings (SSSR count). The molecule has 1 aromatic heterocycles. The Morgan fingerprint density at radius 2 is 2.00 bits per heavy atom. The van der Waals surface area contributed by atoms with Crippen LogP contribution in [0.3, 0.4) is 0 Å². The third-order valence-corrected chi connectivity index (χ3v) is 7.55. The summed E-state index contributed by atoms with van der Waals surface area (Å²) in [6.45, 7) is 7.82. The van der Waals surface area contributed by atoms with Crippen LogP contribution in [0.25, 0.3) is 0 Å². The Morgan fingerprint density at radius 3 is 2.57 bits per heavy atom. The van der Waals surface area contributed by atoms with Crippen LogP contribution in [-0.2, 0) is 10.0 Å². The molecule has 0 spiro atoms. The van der Waals surface area contributed by atoms with Crippen molar-refractivity contribution < 1.29 is 17.9 Å². The lowest BCUT2D eigenvalue weighted by Gasteiger charge is -2.25. The van der Waals surface area contributed by atoms with Gasteiger partial charge in [-0.1, -0.05) is 13.8 Å². The van der Waals surface area contributed by atoms with Crippen LogP contribution in [0.2, 0.25) is 0 Å². The summed E-state index contributed by atoms with van der Waals surface area (Å²) in [6.07, 6.45) is 2.69. The van der Waals surface area contributed by atoms with Gasteiger partial charge in [-0.05, 0) is 55.9 Å². The van der Waals surface area contributed by atoms with E-state index >= 15 is 0 Å². The number of nitrogens with two attached hydrogens (primary N) is 1. The molecule has 0 aliphatic carbocycles. The highest BCUT2D eigenvalue weighted by Gasteiger charge is 2.39. The van der Waals surface area contributed by atoms with Gasteiger partial charge in [0.2, 0.25) is 10.0 Å². The topological polar surface area (TPSA) is 115 Å². The van der Waals surface area contributed by atoms with Crippen LogP contribution in [0.15, 0.2) is 23.2 Å². The van der Waals surface area contributed by atoms with Crippen LogP contribution in [-0.4, -0.2) is 42.3 Å². The Kier molecular flexibility index (Phi) is 6.14. The summed E-state index contributed by atoms with van der Waals surface area (Å²) < 4.78 is 34.2. The number of hydrogen-bond acceptors (Lipinski definition) is 6. The average molecular weight is 433 g/mol. The van der Waals surface area contributed by atoms with Crippen molar-refractivity contribution >= 4 is 15.9 Å². The molecule has 162 valence electrons. The van der Waals surface area contributed by atoms with Gasteiger partial charge in [0.15, 0.2) is 0 Å². The van der Waals surface area contributed by atoms with Crippen molar-refractivity contribution in [2.45, 2.75) is 57.4 Å². The largest absolute Gasteiger partial charge is 0.496 e. The van der Waals surface area contributed by atoms with E-state index in [1.54, 1.807) is 33.1 Å². The fraction of sp³-hybridized carbons (Fsp3) is 0.476. The minimum Gasteiger partial charge on any atom is -0.496 e.